The predicted octanol–water partition coefficient (Wildman–Crippen LogP) is 3.54. The summed E-state index contributed by atoms with van der Waals surface area (Å²) in [4.78, 5) is 25.6. The molecule has 0 radical (unpaired) electrons. The van der Waals surface area contributed by atoms with Gasteiger partial charge in [-0.3, -0.25) is 9.59 Å². The van der Waals surface area contributed by atoms with Crippen molar-refractivity contribution >= 4 is 22.8 Å². The molecule has 1 N–H and O–H groups in total. The summed E-state index contributed by atoms with van der Waals surface area (Å²) in [6.45, 7) is 1.63. The highest BCUT2D eigenvalue weighted by atomic mass is 16.5. The Labute approximate surface area is 169 Å². The van der Waals surface area contributed by atoms with Crippen LogP contribution in [0.1, 0.15) is 18.4 Å². The zero-order valence-electron chi connectivity index (χ0n) is 16.2. The molecule has 1 aromatic heterocycles. The van der Waals surface area contributed by atoms with Gasteiger partial charge >= 0.3 is 5.97 Å². The average molecular weight is 392 g/mol. The van der Waals surface area contributed by atoms with E-state index in [4.69, 9.17) is 4.74 Å². The van der Waals surface area contributed by atoms with Crippen molar-refractivity contribution in [3.8, 4) is 5.75 Å². The van der Waals surface area contributed by atoms with Gasteiger partial charge in [-0.1, -0.05) is 30.3 Å². The normalized spacial score (nSPS) is 16.7. The van der Waals surface area contributed by atoms with Gasteiger partial charge in [-0.25, -0.2) is 0 Å². The van der Waals surface area contributed by atoms with E-state index in [-0.39, 0.29) is 12.5 Å². The highest BCUT2D eigenvalue weighted by Gasteiger charge is 2.28. The summed E-state index contributed by atoms with van der Waals surface area (Å²) in [6.07, 6.45) is 3.26. The third-order valence-electron chi connectivity index (χ3n) is 5.42. The molecular weight excluding hydrogens is 368 g/mol. The van der Waals surface area contributed by atoms with Crippen molar-refractivity contribution in [2.75, 3.05) is 13.1 Å². The van der Waals surface area contributed by atoms with Crippen LogP contribution in [0, 0.1) is 5.92 Å². The minimum absolute atomic E-state index is 0.0437. The molecule has 2 heterocycles. The van der Waals surface area contributed by atoms with Crippen LogP contribution in [0.2, 0.25) is 0 Å². The molecule has 6 nitrogen and oxygen atoms in total. The smallest absolute Gasteiger partial charge is 0.308 e. The van der Waals surface area contributed by atoms with E-state index in [0.29, 0.717) is 26.1 Å². The third-order valence-corrected chi connectivity index (χ3v) is 5.42. The Kier molecular flexibility index (Phi) is 5.51. The van der Waals surface area contributed by atoms with Gasteiger partial charge in [0, 0.05) is 30.2 Å². The number of aromatic nitrogens is 1. The first-order valence-corrected chi connectivity index (χ1v) is 9.86. The number of carbonyl (C=O) groups excluding carboxylic acids is 1. The number of carboxylic acids is 1. The number of benzene rings is 2. The summed E-state index contributed by atoms with van der Waals surface area (Å²) < 4.78 is 7.79. The number of nitrogens with zero attached hydrogens (tertiary/aromatic N) is 2. The van der Waals surface area contributed by atoms with Crippen LogP contribution in [-0.2, 0) is 22.7 Å². The Bertz CT molecular complexity index is 1010. The minimum Gasteiger partial charge on any atom is -0.489 e. The summed E-state index contributed by atoms with van der Waals surface area (Å²) in [7, 11) is 0. The first-order valence-electron chi connectivity index (χ1n) is 9.86. The Morgan fingerprint density at radius 3 is 2.72 bits per heavy atom. The molecule has 0 spiro atoms. The van der Waals surface area contributed by atoms with Crippen LogP contribution in [-0.4, -0.2) is 39.5 Å². The van der Waals surface area contributed by atoms with Crippen LogP contribution >= 0.6 is 0 Å². The monoisotopic (exact) mass is 392 g/mol. The third kappa shape index (κ3) is 4.42. The highest BCUT2D eigenvalue weighted by molar-refractivity contribution is 5.84. The molecule has 0 aliphatic carbocycles. The Balaban J connectivity index is 1.42. The highest BCUT2D eigenvalue weighted by Crippen LogP contribution is 2.24. The molecule has 1 aliphatic heterocycles. The van der Waals surface area contributed by atoms with Crippen molar-refractivity contribution in [1.29, 1.82) is 0 Å². The van der Waals surface area contributed by atoms with E-state index >= 15 is 0 Å². The number of fused-ring (bicyclic) bond motifs is 1. The van der Waals surface area contributed by atoms with Crippen LogP contribution < -0.4 is 4.74 Å². The number of likely N-dealkylation sites (tertiary alicyclic amines) is 1. The van der Waals surface area contributed by atoms with Crippen molar-refractivity contribution in [2.24, 2.45) is 5.92 Å². The molecule has 3 aromatic rings. The van der Waals surface area contributed by atoms with Gasteiger partial charge in [0.15, 0.2) is 0 Å². The molecule has 29 heavy (non-hydrogen) atoms. The average Bonchev–Trinajstić information content (AvgIpc) is 3.15. The molecule has 2 aromatic carbocycles. The molecule has 1 atom stereocenters. The topological polar surface area (TPSA) is 71.8 Å². The lowest BCUT2D eigenvalue weighted by atomic mass is 9.98. The number of amides is 1. The van der Waals surface area contributed by atoms with Gasteiger partial charge in [0.2, 0.25) is 5.91 Å². The summed E-state index contributed by atoms with van der Waals surface area (Å²) in [6, 6.07) is 17.8. The van der Waals surface area contributed by atoms with Crippen LogP contribution in [0.4, 0.5) is 0 Å². The van der Waals surface area contributed by atoms with E-state index in [2.05, 4.69) is 0 Å². The lowest BCUT2D eigenvalue weighted by Crippen LogP contribution is -2.43. The number of carboxylic acid groups (broad SMARTS) is 1. The zero-order chi connectivity index (χ0) is 20.2. The van der Waals surface area contributed by atoms with Gasteiger partial charge in [-0.2, -0.15) is 0 Å². The second-order valence-electron chi connectivity index (χ2n) is 7.46. The Morgan fingerprint density at radius 2 is 1.93 bits per heavy atom. The minimum atomic E-state index is -0.822. The molecule has 6 heteroatoms. The number of rotatable bonds is 6. The number of hydrogen-bond acceptors (Lipinski definition) is 3. The quantitative estimate of drug-likeness (QED) is 0.696. The largest absolute Gasteiger partial charge is 0.489 e. The van der Waals surface area contributed by atoms with Crippen molar-refractivity contribution in [3.63, 3.8) is 0 Å². The molecule has 1 aliphatic rings. The molecule has 4 rings (SSSR count). The number of ether oxygens (including phenoxy) is 1. The maximum Gasteiger partial charge on any atom is 0.308 e. The lowest BCUT2D eigenvalue weighted by Gasteiger charge is -2.30. The predicted molar refractivity (Wildman–Crippen MR) is 110 cm³/mol. The van der Waals surface area contributed by atoms with Gasteiger partial charge in [0.25, 0.3) is 0 Å². The van der Waals surface area contributed by atoms with Gasteiger partial charge in [-0.05, 0) is 42.7 Å². The summed E-state index contributed by atoms with van der Waals surface area (Å²) in [5, 5.41) is 10.2. The van der Waals surface area contributed by atoms with Gasteiger partial charge in [0.1, 0.15) is 18.9 Å². The molecule has 1 saturated heterocycles. The van der Waals surface area contributed by atoms with Crippen molar-refractivity contribution < 1.29 is 19.4 Å². The Hall–Kier alpha value is -3.28. The standard InChI is InChI=1S/C23H24N2O4/c26-22(25-11-4-7-19(14-25)23(27)28)15-24-12-10-18-13-20(8-9-21(18)24)29-16-17-5-2-1-3-6-17/h1-3,5-6,8-10,12-13,19H,4,7,11,14-16H2,(H,27,28). The second kappa shape index (κ2) is 8.39. The molecule has 150 valence electrons. The van der Waals surface area contributed by atoms with E-state index < -0.39 is 11.9 Å². The summed E-state index contributed by atoms with van der Waals surface area (Å²) >= 11 is 0. The maximum atomic E-state index is 12.7. The first kappa shape index (κ1) is 19.1. The van der Waals surface area contributed by atoms with Gasteiger partial charge < -0.3 is 19.3 Å². The SMILES string of the molecule is O=C(O)C1CCCN(C(=O)Cn2ccc3cc(OCc4ccccc4)ccc32)C1. The fraction of sp³-hybridized carbons (Fsp3) is 0.304. The first-order chi connectivity index (χ1) is 14.1. The van der Waals surface area contributed by atoms with E-state index in [1.807, 2.05) is 65.4 Å². The van der Waals surface area contributed by atoms with Crippen LogP contribution in [0.25, 0.3) is 10.9 Å². The fourth-order valence-corrected chi connectivity index (χ4v) is 3.80. The van der Waals surface area contributed by atoms with Crippen molar-refractivity contribution in [1.82, 2.24) is 9.47 Å². The number of carbonyl (C=O) groups is 2. The van der Waals surface area contributed by atoms with E-state index in [1.54, 1.807) is 4.90 Å². The van der Waals surface area contributed by atoms with E-state index in [0.717, 1.165) is 28.6 Å². The Morgan fingerprint density at radius 1 is 1.10 bits per heavy atom. The van der Waals surface area contributed by atoms with Crippen molar-refractivity contribution in [2.45, 2.75) is 26.0 Å². The van der Waals surface area contributed by atoms with Gasteiger partial charge in [0.05, 0.1) is 5.92 Å². The molecule has 1 fully saturated rings. The van der Waals surface area contributed by atoms with Gasteiger partial charge in [-0.15, -0.1) is 0 Å². The maximum absolute atomic E-state index is 12.7. The lowest BCUT2D eigenvalue weighted by molar-refractivity contribution is -0.145. The molecule has 1 unspecified atom stereocenters. The van der Waals surface area contributed by atoms with E-state index in [9.17, 15) is 14.7 Å². The fourth-order valence-electron chi connectivity index (χ4n) is 3.80. The van der Waals surface area contributed by atoms with E-state index in [1.165, 1.54) is 0 Å². The molecule has 0 saturated carbocycles. The zero-order valence-corrected chi connectivity index (χ0v) is 16.2. The summed E-state index contributed by atoms with van der Waals surface area (Å²) in [5.41, 5.74) is 2.06. The second-order valence-corrected chi connectivity index (χ2v) is 7.46. The number of piperidine rings is 1. The molecular formula is C23H24N2O4. The van der Waals surface area contributed by atoms with Crippen LogP contribution in [0.5, 0.6) is 5.75 Å². The van der Waals surface area contributed by atoms with Crippen LogP contribution in [0.3, 0.4) is 0 Å². The number of hydrogen-bond donors (Lipinski definition) is 1. The van der Waals surface area contributed by atoms with Crippen molar-refractivity contribution in [3.05, 3.63) is 66.4 Å². The summed E-state index contributed by atoms with van der Waals surface area (Å²) in [5.74, 6) is -0.543. The molecule has 0 bridgehead atoms. The molecule has 1 amide bonds. The number of aliphatic carboxylic acids is 1. The van der Waals surface area contributed by atoms with Crippen LogP contribution in [0.15, 0.2) is 60.8 Å².